The summed E-state index contributed by atoms with van der Waals surface area (Å²) in [5.74, 6) is 1.43. The van der Waals surface area contributed by atoms with Gasteiger partial charge < -0.3 is 18.8 Å². The molecule has 1 atom stereocenters. The molecule has 0 saturated carbocycles. The number of aromatic nitrogens is 1. The first-order chi connectivity index (χ1) is 14.9. The number of rotatable bonds is 6. The van der Waals surface area contributed by atoms with E-state index in [1.54, 1.807) is 37.8 Å². The first-order valence-electron chi connectivity index (χ1n) is 9.94. The van der Waals surface area contributed by atoms with E-state index in [1.165, 1.54) is 0 Å². The van der Waals surface area contributed by atoms with Gasteiger partial charge in [-0.05, 0) is 48.9 Å². The second-order valence-corrected chi connectivity index (χ2v) is 9.31. The van der Waals surface area contributed by atoms with Gasteiger partial charge in [0.1, 0.15) is 0 Å². The fourth-order valence-electron chi connectivity index (χ4n) is 4.06. The molecule has 3 aromatic rings. The molecule has 2 aromatic carbocycles. The highest BCUT2D eigenvalue weighted by Gasteiger charge is 2.38. The number of aryl methyl sites for hydroxylation is 1. The van der Waals surface area contributed by atoms with Gasteiger partial charge in [0.05, 0.1) is 32.3 Å². The van der Waals surface area contributed by atoms with Crippen molar-refractivity contribution < 1.29 is 22.6 Å². The Morgan fingerprint density at radius 1 is 0.903 bits per heavy atom. The zero-order valence-corrected chi connectivity index (χ0v) is 18.8. The highest BCUT2D eigenvalue weighted by molar-refractivity contribution is 7.89. The van der Waals surface area contributed by atoms with Crippen LogP contribution in [0.1, 0.15) is 22.9 Å². The van der Waals surface area contributed by atoms with E-state index in [2.05, 4.69) is 4.57 Å². The van der Waals surface area contributed by atoms with Gasteiger partial charge in [-0.3, -0.25) is 0 Å². The van der Waals surface area contributed by atoms with E-state index in [4.69, 9.17) is 14.2 Å². The molecule has 0 bridgehead atoms. The van der Waals surface area contributed by atoms with Crippen molar-refractivity contribution in [1.82, 2.24) is 8.87 Å². The minimum absolute atomic E-state index is 0.274. The van der Waals surface area contributed by atoms with Crippen LogP contribution in [0.25, 0.3) is 0 Å². The number of methoxy groups -OCH3 is 3. The van der Waals surface area contributed by atoms with Gasteiger partial charge in [0.2, 0.25) is 15.8 Å². The van der Waals surface area contributed by atoms with Crippen LogP contribution in [0, 0.1) is 6.92 Å². The summed E-state index contributed by atoms with van der Waals surface area (Å²) in [6.45, 7) is 2.86. The van der Waals surface area contributed by atoms with Crippen molar-refractivity contribution in [3.8, 4) is 17.2 Å². The first-order valence-corrected chi connectivity index (χ1v) is 11.4. The average molecular weight is 443 g/mol. The lowest BCUT2D eigenvalue weighted by molar-refractivity contribution is 0.293. The average Bonchev–Trinajstić information content (AvgIpc) is 3.26. The topological polar surface area (TPSA) is 70.0 Å². The Morgan fingerprint density at radius 2 is 1.55 bits per heavy atom. The zero-order chi connectivity index (χ0) is 22.2. The van der Waals surface area contributed by atoms with Crippen molar-refractivity contribution >= 4 is 10.0 Å². The van der Waals surface area contributed by atoms with Gasteiger partial charge in [0.25, 0.3) is 0 Å². The molecule has 8 heteroatoms. The molecule has 7 nitrogen and oxygen atoms in total. The van der Waals surface area contributed by atoms with E-state index in [0.29, 0.717) is 30.3 Å². The van der Waals surface area contributed by atoms with Crippen LogP contribution in [-0.2, 0) is 16.6 Å². The monoisotopic (exact) mass is 442 g/mol. The summed E-state index contributed by atoms with van der Waals surface area (Å²) in [6, 6.07) is 13.9. The van der Waals surface area contributed by atoms with Crippen LogP contribution in [-0.4, -0.2) is 45.2 Å². The summed E-state index contributed by atoms with van der Waals surface area (Å²) in [7, 11) is 0.891. The molecule has 0 spiro atoms. The van der Waals surface area contributed by atoms with Gasteiger partial charge >= 0.3 is 0 Å². The number of hydrogen-bond donors (Lipinski definition) is 0. The number of fused-ring (bicyclic) bond motifs is 1. The summed E-state index contributed by atoms with van der Waals surface area (Å²) in [6.07, 6.45) is 1.97. The van der Waals surface area contributed by atoms with Gasteiger partial charge in [-0.2, -0.15) is 4.31 Å². The molecule has 0 amide bonds. The highest BCUT2D eigenvalue weighted by Crippen LogP contribution is 2.44. The smallest absolute Gasteiger partial charge is 0.244 e. The summed E-state index contributed by atoms with van der Waals surface area (Å²) in [5, 5.41) is 0. The standard InChI is InChI=1S/C23H26N2O5S/c1-16-7-9-18(10-8-16)31(26,27)25-13-12-24-11-5-6-19(24)22(25)17-14-20(28-2)23(30-4)21(15-17)29-3/h5-11,14-15,22H,12-13H2,1-4H3. The number of benzene rings is 2. The third kappa shape index (κ3) is 3.66. The molecule has 0 saturated heterocycles. The molecule has 164 valence electrons. The fourth-order valence-corrected chi connectivity index (χ4v) is 5.64. The van der Waals surface area contributed by atoms with E-state index in [0.717, 1.165) is 16.8 Å². The summed E-state index contributed by atoms with van der Waals surface area (Å²) < 4.78 is 47.5. The predicted molar refractivity (Wildman–Crippen MR) is 117 cm³/mol. The molecule has 1 unspecified atom stereocenters. The highest BCUT2D eigenvalue weighted by atomic mass is 32.2. The third-order valence-electron chi connectivity index (χ3n) is 5.62. The van der Waals surface area contributed by atoms with Crippen molar-refractivity contribution in [2.24, 2.45) is 0 Å². The van der Waals surface area contributed by atoms with Crippen molar-refractivity contribution in [1.29, 1.82) is 0 Å². The van der Waals surface area contributed by atoms with Gasteiger partial charge in [-0.1, -0.05) is 17.7 Å². The van der Waals surface area contributed by atoms with E-state index in [1.807, 2.05) is 49.5 Å². The molecule has 1 aliphatic rings. The minimum atomic E-state index is -3.74. The Bertz CT molecular complexity index is 1160. The van der Waals surface area contributed by atoms with Crippen LogP contribution in [0.2, 0.25) is 0 Å². The number of nitrogens with zero attached hydrogens (tertiary/aromatic N) is 2. The summed E-state index contributed by atoms with van der Waals surface area (Å²) >= 11 is 0. The molecule has 31 heavy (non-hydrogen) atoms. The van der Waals surface area contributed by atoms with E-state index < -0.39 is 16.1 Å². The maximum absolute atomic E-state index is 13.7. The quantitative estimate of drug-likeness (QED) is 0.583. The van der Waals surface area contributed by atoms with Gasteiger partial charge in [0.15, 0.2) is 11.5 Å². The summed E-state index contributed by atoms with van der Waals surface area (Å²) in [5.41, 5.74) is 2.63. The molecule has 0 N–H and O–H groups in total. The van der Waals surface area contributed by atoms with Crippen LogP contribution >= 0.6 is 0 Å². The largest absolute Gasteiger partial charge is 0.493 e. The Balaban J connectivity index is 1.90. The maximum Gasteiger partial charge on any atom is 0.244 e. The van der Waals surface area contributed by atoms with Crippen molar-refractivity contribution in [3.63, 3.8) is 0 Å². The van der Waals surface area contributed by atoms with E-state index in [9.17, 15) is 8.42 Å². The van der Waals surface area contributed by atoms with Crippen molar-refractivity contribution in [2.45, 2.75) is 24.4 Å². The van der Waals surface area contributed by atoms with Crippen molar-refractivity contribution in [2.75, 3.05) is 27.9 Å². The SMILES string of the molecule is COc1cc(C2c3cccn3CCN2S(=O)(=O)c2ccc(C)cc2)cc(OC)c1OC. The van der Waals surface area contributed by atoms with Gasteiger partial charge in [-0.25, -0.2) is 8.42 Å². The molecule has 0 fully saturated rings. The van der Waals surface area contributed by atoms with Gasteiger partial charge in [-0.15, -0.1) is 0 Å². The zero-order valence-electron chi connectivity index (χ0n) is 18.0. The molecule has 2 heterocycles. The molecular weight excluding hydrogens is 416 g/mol. The molecule has 1 aliphatic heterocycles. The van der Waals surface area contributed by atoms with E-state index >= 15 is 0 Å². The Hall–Kier alpha value is -2.97. The first kappa shape index (κ1) is 21.3. The Labute approximate surface area is 182 Å². The van der Waals surface area contributed by atoms with Crippen LogP contribution in [0.5, 0.6) is 17.2 Å². The Morgan fingerprint density at radius 3 is 2.13 bits per heavy atom. The van der Waals surface area contributed by atoms with Gasteiger partial charge in [0, 0.05) is 25.0 Å². The maximum atomic E-state index is 13.7. The number of ether oxygens (including phenoxy) is 3. The van der Waals surface area contributed by atoms with Crippen molar-refractivity contribution in [3.05, 3.63) is 71.5 Å². The van der Waals surface area contributed by atoms with Crippen LogP contribution in [0.3, 0.4) is 0 Å². The second-order valence-electron chi connectivity index (χ2n) is 7.42. The Kier molecular flexibility index (Phi) is 5.68. The summed E-state index contributed by atoms with van der Waals surface area (Å²) in [4.78, 5) is 0.274. The van der Waals surface area contributed by atoms with E-state index in [-0.39, 0.29) is 4.90 Å². The molecule has 1 aromatic heterocycles. The molecular formula is C23H26N2O5S. The normalized spacial score (nSPS) is 16.6. The fraction of sp³-hybridized carbons (Fsp3) is 0.304. The lowest BCUT2D eigenvalue weighted by Crippen LogP contribution is -2.42. The van der Waals surface area contributed by atoms with Crippen LogP contribution in [0.15, 0.2) is 59.6 Å². The lowest BCUT2D eigenvalue weighted by atomic mass is 10.0. The lowest BCUT2D eigenvalue weighted by Gasteiger charge is -2.36. The second kappa shape index (κ2) is 8.28. The minimum Gasteiger partial charge on any atom is -0.493 e. The van der Waals surface area contributed by atoms with Crippen LogP contribution < -0.4 is 14.2 Å². The third-order valence-corrected chi connectivity index (χ3v) is 7.50. The molecule has 0 radical (unpaired) electrons. The molecule has 0 aliphatic carbocycles. The van der Waals surface area contributed by atoms with Crippen LogP contribution in [0.4, 0.5) is 0 Å². The number of hydrogen-bond acceptors (Lipinski definition) is 5. The molecule has 4 rings (SSSR count). The number of sulfonamides is 1. The predicted octanol–water partition coefficient (Wildman–Crippen LogP) is 3.62.